The van der Waals surface area contributed by atoms with Gasteiger partial charge in [0.1, 0.15) is 5.82 Å². The summed E-state index contributed by atoms with van der Waals surface area (Å²) in [5.41, 5.74) is -0.322. The monoisotopic (exact) mass is 497 g/mol. The fourth-order valence-electron chi connectivity index (χ4n) is 3.42. The third kappa shape index (κ3) is 5.41. The maximum absolute atomic E-state index is 13.2. The molecule has 0 radical (unpaired) electrons. The van der Waals surface area contributed by atoms with Crippen molar-refractivity contribution >= 4 is 35.1 Å². The van der Waals surface area contributed by atoms with Gasteiger partial charge in [0, 0.05) is 44.2 Å². The van der Waals surface area contributed by atoms with Crippen molar-refractivity contribution in [1.29, 1.82) is 0 Å². The van der Waals surface area contributed by atoms with E-state index in [4.69, 9.17) is 16.1 Å². The van der Waals surface area contributed by atoms with Crippen LogP contribution in [-0.4, -0.2) is 52.1 Å². The van der Waals surface area contributed by atoms with Crippen molar-refractivity contribution in [2.24, 2.45) is 0 Å². The summed E-state index contributed by atoms with van der Waals surface area (Å²) in [5.74, 6) is 1.66. The van der Waals surface area contributed by atoms with Gasteiger partial charge in [-0.05, 0) is 18.2 Å². The van der Waals surface area contributed by atoms with Crippen LogP contribution in [0.2, 0.25) is 5.02 Å². The molecule has 3 heterocycles. The smallest absolute Gasteiger partial charge is 0.352 e. The van der Waals surface area contributed by atoms with E-state index in [1.165, 1.54) is 11.8 Å². The van der Waals surface area contributed by atoms with Gasteiger partial charge in [-0.2, -0.15) is 18.2 Å². The standard InChI is InChI=1S/C21H19ClF3N5O2S/c1-13-27-18(28-32-13)12-33-17-5-3-2-4-15(17)20(31)30-8-6-29(7-9-30)19-16(22)10-14(11-26-19)21(23,24)25/h2-5,10-11H,6-9,12H2,1H3. The van der Waals surface area contributed by atoms with Gasteiger partial charge in [-0.1, -0.05) is 28.9 Å². The Hall–Kier alpha value is -2.79. The van der Waals surface area contributed by atoms with Gasteiger partial charge in [-0.15, -0.1) is 11.8 Å². The Kier molecular flexibility index (Phi) is 6.80. The van der Waals surface area contributed by atoms with Crippen molar-refractivity contribution in [1.82, 2.24) is 20.0 Å². The van der Waals surface area contributed by atoms with Crippen molar-refractivity contribution in [2.45, 2.75) is 23.7 Å². The number of nitrogens with zero attached hydrogens (tertiary/aromatic N) is 5. The lowest BCUT2D eigenvalue weighted by Gasteiger charge is -2.36. The number of carbonyl (C=O) groups is 1. The molecule has 1 saturated heterocycles. The molecule has 4 rings (SSSR count). The Bertz CT molecular complexity index is 1150. The van der Waals surface area contributed by atoms with Crippen molar-refractivity contribution < 1.29 is 22.5 Å². The van der Waals surface area contributed by atoms with Gasteiger partial charge < -0.3 is 14.3 Å². The highest BCUT2D eigenvalue weighted by Crippen LogP contribution is 2.34. The number of hydrogen-bond acceptors (Lipinski definition) is 7. The first-order valence-electron chi connectivity index (χ1n) is 10.0. The second kappa shape index (κ2) is 9.60. The fraction of sp³-hybridized carbons (Fsp3) is 0.333. The summed E-state index contributed by atoms with van der Waals surface area (Å²) < 4.78 is 43.6. The molecule has 174 valence electrons. The molecule has 0 bridgehead atoms. The molecule has 0 atom stereocenters. The first-order valence-corrected chi connectivity index (χ1v) is 11.4. The van der Waals surface area contributed by atoms with E-state index in [0.717, 1.165) is 17.2 Å². The largest absolute Gasteiger partial charge is 0.417 e. The lowest BCUT2D eigenvalue weighted by Crippen LogP contribution is -2.49. The molecule has 0 aliphatic carbocycles. The number of benzene rings is 1. The molecule has 0 saturated carbocycles. The molecule has 0 N–H and O–H groups in total. The zero-order valence-electron chi connectivity index (χ0n) is 17.5. The SMILES string of the molecule is Cc1nc(CSc2ccccc2C(=O)N2CCN(c3ncc(C(F)(F)F)cc3Cl)CC2)no1. The first-order chi connectivity index (χ1) is 15.7. The predicted octanol–water partition coefficient (Wildman–Crippen LogP) is 4.70. The normalized spacial score (nSPS) is 14.6. The minimum atomic E-state index is -4.51. The first kappa shape index (κ1) is 23.4. The summed E-state index contributed by atoms with van der Waals surface area (Å²) >= 11 is 7.51. The number of pyridine rings is 1. The molecular weight excluding hydrogens is 479 g/mol. The Balaban J connectivity index is 1.41. The minimum absolute atomic E-state index is 0.0666. The molecule has 1 fully saturated rings. The number of aryl methyl sites for hydroxylation is 1. The number of aromatic nitrogens is 3. The topological polar surface area (TPSA) is 75.4 Å². The molecular formula is C21H19ClF3N5O2S. The quantitative estimate of drug-likeness (QED) is 0.473. The lowest BCUT2D eigenvalue weighted by molar-refractivity contribution is -0.137. The molecule has 1 aliphatic rings. The van der Waals surface area contributed by atoms with Crippen LogP contribution < -0.4 is 4.90 Å². The van der Waals surface area contributed by atoms with Crippen molar-refractivity contribution in [3.8, 4) is 0 Å². The van der Waals surface area contributed by atoms with Crippen LogP contribution in [0, 0.1) is 6.92 Å². The number of alkyl halides is 3. The van der Waals surface area contributed by atoms with Gasteiger partial charge in [0.25, 0.3) is 5.91 Å². The van der Waals surface area contributed by atoms with Crippen molar-refractivity contribution in [2.75, 3.05) is 31.1 Å². The van der Waals surface area contributed by atoms with Crippen LogP contribution in [0.4, 0.5) is 19.0 Å². The second-order valence-corrected chi connectivity index (χ2v) is 8.75. The van der Waals surface area contributed by atoms with Gasteiger partial charge in [-0.25, -0.2) is 4.98 Å². The highest BCUT2D eigenvalue weighted by atomic mass is 35.5. The van der Waals surface area contributed by atoms with Crippen LogP contribution in [0.5, 0.6) is 0 Å². The predicted molar refractivity (Wildman–Crippen MR) is 117 cm³/mol. The van der Waals surface area contributed by atoms with E-state index < -0.39 is 11.7 Å². The van der Waals surface area contributed by atoms with E-state index in [0.29, 0.717) is 49.2 Å². The Labute approximate surface area is 196 Å². The Morgan fingerprint density at radius 3 is 2.58 bits per heavy atom. The number of anilines is 1. The van der Waals surface area contributed by atoms with Crippen LogP contribution in [0.3, 0.4) is 0 Å². The van der Waals surface area contributed by atoms with Crippen molar-refractivity contribution in [3.63, 3.8) is 0 Å². The third-order valence-electron chi connectivity index (χ3n) is 5.06. The molecule has 33 heavy (non-hydrogen) atoms. The van der Waals surface area contributed by atoms with E-state index in [1.54, 1.807) is 28.9 Å². The summed E-state index contributed by atoms with van der Waals surface area (Å²) in [6.45, 7) is 3.30. The van der Waals surface area contributed by atoms with Gasteiger partial charge in [0.05, 0.1) is 21.9 Å². The summed E-state index contributed by atoms with van der Waals surface area (Å²) in [6, 6.07) is 8.18. The second-order valence-electron chi connectivity index (χ2n) is 7.32. The van der Waals surface area contributed by atoms with E-state index in [2.05, 4.69) is 15.1 Å². The van der Waals surface area contributed by atoms with E-state index in [-0.39, 0.29) is 16.7 Å². The third-order valence-corrected chi connectivity index (χ3v) is 6.41. The summed E-state index contributed by atoms with van der Waals surface area (Å²) in [7, 11) is 0. The summed E-state index contributed by atoms with van der Waals surface area (Å²) in [5, 5.41) is 3.80. The Morgan fingerprint density at radius 1 is 1.21 bits per heavy atom. The number of carbonyl (C=O) groups excluding carboxylic acids is 1. The lowest BCUT2D eigenvalue weighted by atomic mass is 10.1. The molecule has 3 aromatic rings. The van der Waals surface area contributed by atoms with Crippen LogP contribution in [0.1, 0.15) is 27.6 Å². The van der Waals surface area contributed by atoms with Crippen LogP contribution in [0.25, 0.3) is 0 Å². The summed E-state index contributed by atoms with van der Waals surface area (Å²) in [4.78, 5) is 25.6. The van der Waals surface area contributed by atoms with Gasteiger partial charge in [-0.3, -0.25) is 4.79 Å². The molecule has 2 aromatic heterocycles. The van der Waals surface area contributed by atoms with Crippen LogP contribution >= 0.6 is 23.4 Å². The number of piperazine rings is 1. The molecule has 0 unspecified atom stereocenters. The molecule has 0 spiro atoms. The molecule has 1 aliphatic heterocycles. The Morgan fingerprint density at radius 2 is 1.94 bits per heavy atom. The van der Waals surface area contributed by atoms with Crippen LogP contribution in [-0.2, 0) is 11.9 Å². The molecule has 12 heteroatoms. The van der Waals surface area contributed by atoms with Crippen LogP contribution in [0.15, 0.2) is 45.9 Å². The number of thioether (sulfide) groups is 1. The number of amides is 1. The van der Waals surface area contributed by atoms with E-state index >= 15 is 0 Å². The van der Waals surface area contributed by atoms with Gasteiger partial charge in [0.2, 0.25) is 5.89 Å². The van der Waals surface area contributed by atoms with Gasteiger partial charge in [0.15, 0.2) is 5.82 Å². The van der Waals surface area contributed by atoms with E-state index in [9.17, 15) is 18.0 Å². The summed E-state index contributed by atoms with van der Waals surface area (Å²) in [6.07, 6.45) is -3.73. The minimum Gasteiger partial charge on any atom is -0.352 e. The fourth-order valence-corrected chi connectivity index (χ4v) is 4.59. The number of hydrogen-bond donors (Lipinski definition) is 0. The number of rotatable bonds is 5. The zero-order valence-corrected chi connectivity index (χ0v) is 19.0. The zero-order chi connectivity index (χ0) is 23.6. The van der Waals surface area contributed by atoms with Crippen molar-refractivity contribution in [3.05, 3.63) is 64.4 Å². The average molecular weight is 498 g/mol. The average Bonchev–Trinajstić information content (AvgIpc) is 3.22. The maximum atomic E-state index is 13.2. The van der Waals surface area contributed by atoms with E-state index in [1.807, 2.05) is 12.1 Å². The highest BCUT2D eigenvalue weighted by Gasteiger charge is 2.32. The molecule has 1 aromatic carbocycles. The highest BCUT2D eigenvalue weighted by molar-refractivity contribution is 7.98. The maximum Gasteiger partial charge on any atom is 0.417 e. The number of halogens is 4. The molecule has 7 nitrogen and oxygen atoms in total. The molecule has 1 amide bonds. The van der Waals surface area contributed by atoms with Gasteiger partial charge >= 0.3 is 6.18 Å².